The van der Waals surface area contributed by atoms with Gasteiger partial charge < -0.3 is 10.1 Å². The molecule has 4 aromatic carbocycles. The van der Waals surface area contributed by atoms with Crippen molar-refractivity contribution in [3.05, 3.63) is 137 Å². The number of nitrogens with one attached hydrogen (secondary N) is 1. The number of rotatable bonds is 6. The summed E-state index contributed by atoms with van der Waals surface area (Å²) in [6.45, 7) is 2.46. The molecule has 37 heavy (non-hydrogen) atoms. The number of allylic oxidation sites excluding steroid dienone is 2. The van der Waals surface area contributed by atoms with Gasteiger partial charge in [-0.05, 0) is 78.4 Å². The van der Waals surface area contributed by atoms with Crippen molar-refractivity contribution in [1.29, 1.82) is 0 Å². The number of aryl methyl sites for hydroxylation is 1. The standard InChI is InChI=1S/C33H29FN2O/c1-22-12-17-31-30(18-22)28-9-5-10-29(28)33(36-31)24-13-15-27(16-14-24)35-20-25-7-2-3-11-32(25)37-21-23-6-4-8-26(34)19-23/h2-9,11-20,28-29,33,36H,10,21H2,1H3/t28-,29-,33-/m1/s1. The second-order valence-corrected chi connectivity index (χ2v) is 9.87. The Morgan fingerprint density at radius 3 is 2.70 bits per heavy atom. The minimum Gasteiger partial charge on any atom is -0.488 e. The fourth-order valence-corrected chi connectivity index (χ4v) is 5.46. The summed E-state index contributed by atoms with van der Waals surface area (Å²) in [6, 6.07) is 29.7. The predicted molar refractivity (Wildman–Crippen MR) is 148 cm³/mol. The van der Waals surface area contributed by atoms with Gasteiger partial charge in [-0.15, -0.1) is 0 Å². The first kappa shape index (κ1) is 23.2. The maximum Gasteiger partial charge on any atom is 0.128 e. The summed E-state index contributed by atoms with van der Waals surface area (Å²) < 4.78 is 19.5. The summed E-state index contributed by atoms with van der Waals surface area (Å²) in [6.07, 6.45) is 7.61. The van der Waals surface area contributed by atoms with Crippen LogP contribution in [0.25, 0.3) is 0 Å². The lowest BCUT2D eigenvalue weighted by atomic mass is 9.76. The molecule has 3 atom stereocenters. The van der Waals surface area contributed by atoms with Crippen molar-refractivity contribution in [2.75, 3.05) is 5.32 Å². The maximum atomic E-state index is 13.5. The minimum absolute atomic E-state index is 0.262. The van der Waals surface area contributed by atoms with Gasteiger partial charge in [-0.2, -0.15) is 0 Å². The van der Waals surface area contributed by atoms with E-state index in [-0.39, 0.29) is 11.9 Å². The number of anilines is 1. The van der Waals surface area contributed by atoms with Crippen LogP contribution in [0.4, 0.5) is 15.8 Å². The zero-order valence-corrected chi connectivity index (χ0v) is 20.8. The van der Waals surface area contributed by atoms with Crippen LogP contribution >= 0.6 is 0 Å². The van der Waals surface area contributed by atoms with E-state index < -0.39 is 0 Å². The first-order valence-corrected chi connectivity index (χ1v) is 12.8. The van der Waals surface area contributed by atoms with Gasteiger partial charge in [-0.1, -0.05) is 66.2 Å². The van der Waals surface area contributed by atoms with Gasteiger partial charge in [0.2, 0.25) is 0 Å². The third-order valence-corrected chi connectivity index (χ3v) is 7.33. The van der Waals surface area contributed by atoms with E-state index in [4.69, 9.17) is 9.73 Å². The number of aliphatic imine (C=N–C) groups is 1. The second-order valence-electron chi connectivity index (χ2n) is 9.87. The van der Waals surface area contributed by atoms with E-state index in [9.17, 15) is 4.39 Å². The largest absolute Gasteiger partial charge is 0.488 e. The SMILES string of the molecule is Cc1ccc2c(c1)[C@@H]1C=CC[C@H]1[C@@H](c1ccc(N=Cc3ccccc3OCc3cccc(F)c3)cc1)N2. The number of ether oxygens (including phenoxy) is 1. The van der Waals surface area contributed by atoms with Gasteiger partial charge in [0, 0.05) is 23.4 Å². The monoisotopic (exact) mass is 488 g/mol. The van der Waals surface area contributed by atoms with Crippen LogP contribution in [0.3, 0.4) is 0 Å². The highest BCUT2D eigenvalue weighted by atomic mass is 19.1. The van der Waals surface area contributed by atoms with Crippen LogP contribution in [0.1, 0.15) is 46.2 Å². The zero-order chi connectivity index (χ0) is 25.2. The molecule has 2 aliphatic rings. The quantitative estimate of drug-likeness (QED) is 0.219. The van der Waals surface area contributed by atoms with Crippen LogP contribution in [0.15, 0.2) is 108 Å². The molecular formula is C33H29FN2O. The lowest BCUT2D eigenvalue weighted by molar-refractivity contribution is 0.305. The van der Waals surface area contributed by atoms with Crippen molar-refractivity contribution < 1.29 is 9.13 Å². The summed E-state index contributed by atoms with van der Waals surface area (Å²) in [5.74, 6) is 1.43. The Kier molecular flexibility index (Phi) is 6.32. The smallest absolute Gasteiger partial charge is 0.128 e. The van der Waals surface area contributed by atoms with E-state index in [1.165, 1.54) is 34.5 Å². The maximum absolute atomic E-state index is 13.5. The first-order valence-electron chi connectivity index (χ1n) is 12.8. The molecule has 0 bridgehead atoms. The minimum atomic E-state index is -0.262. The molecule has 4 aromatic rings. The van der Waals surface area contributed by atoms with Gasteiger partial charge in [0.15, 0.2) is 0 Å². The Morgan fingerprint density at radius 2 is 1.84 bits per heavy atom. The van der Waals surface area contributed by atoms with Gasteiger partial charge >= 0.3 is 0 Å². The predicted octanol–water partition coefficient (Wildman–Crippen LogP) is 8.29. The second kappa shape index (κ2) is 10.1. The molecule has 0 radical (unpaired) electrons. The molecule has 0 aromatic heterocycles. The zero-order valence-electron chi connectivity index (χ0n) is 20.8. The van der Waals surface area contributed by atoms with Crippen molar-refractivity contribution >= 4 is 17.6 Å². The Balaban J connectivity index is 1.17. The number of halogens is 1. The van der Waals surface area contributed by atoms with Gasteiger partial charge in [0.05, 0.1) is 11.7 Å². The number of hydrogen-bond donors (Lipinski definition) is 1. The molecule has 1 aliphatic carbocycles. The van der Waals surface area contributed by atoms with Gasteiger partial charge in [0.1, 0.15) is 18.2 Å². The number of benzene rings is 4. The molecule has 3 nitrogen and oxygen atoms in total. The van der Waals surface area contributed by atoms with Crippen molar-refractivity contribution in [1.82, 2.24) is 0 Å². The third kappa shape index (κ3) is 4.92. The molecule has 0 unspecified atom stereocenters. The highest BCUT2D eigenvalue weighted by Gasteiger charge is 2.37. The number of para-hydroxylation sites is 1. The molecule has 0 saturated heterocycles. The molecule has 1 N–H and O–H groups in total. The molecule has 0 saturated carbocycles. The summed E-state index contributed by atoms with van der Waals surface area (Å²) in [7, 11) is 0. The Bertz CT molecular complexity index is 1470. The van der Waals surface area contributed by atoms with E-state index in [0.717, 1.165) is 23.2 Å². The van der Waals surface area contributed by atoms with Crippen molar-refractivity contribution in [3.63, 3.8) is 0 Å². The van der Waals surface area contributed by atoms with Crippen LogP contribution in [-0.4, -0.2) is 6.21 Å². The highest BCUT2D eigenvalue weighted by Crippen LogP contribution is 2.50. The Labute approximate surface area is 217 Å². The molecule has 184 valence electrons. The molecule has 0 fully saturated rings. The number of fused-ring (bicyclic) bond motifs is 3. The van der Waals surface area contributed by atoms with Crippen LogP contribution in [0.2, 0.25) is 0 Å². The van der Waals surface area contributed by atoms with Crippen LogP contribution in [-0.2, 0) is 6.61 Å². The molecule has 4 heteroatoms. The Morgan fingerprint density at radius 1 is 0.973 bits per heavy atom. The topological polar surface area (TPSA) is 33.6 Å². The third-order valence-electron chi connectivity index (χ3n) is 7.33. The van der Waals surface area contributed by atoms with Crippen molar-refractivity contribution in [2.45, 2.75) is 31.9 Å². The molecule has 1 aliphatic heterocycles. The summed E-state index contributed by atoms with van der Waals surface area (Å²) in [4.78, 5) is 4.71. The fourth-order valence-electron chi connectivity index (χ4n) is 5.46. The van der Waals surface area contributed by atoms with Gasteiger partial charge in [0.25, 0.3) is 0 Å². The van der Waals surface area contributed by atoms with E-state index in [0.29, 0.717) is 24.2 Å². The average Bonchev–Trinajstić information content (AvgIpc) is 3.42. The lowest BCUT2D eigenvalue weighted by Gasteiger charge is -2.37. The Hall–Kier alpha value is -4.18. The lowest BCUT2D eigenvalue weighted by Crippen LogP contribution is -2.29. The van der Waals surface area contributed by atoms with Crippen molar-refractivity contribution in [3.8, 4) is 5.75 Å². The van der Waals surface area contributed by atoms with Crippen LogP contribution in [0, 0.1) is 18.7 Å². The summed E-state index contributed by atoms with van der Waals surface area (Å²) in [5, 5.41) is 3.81. The van der Waals surface area contributed by atoms with Gasteiger partial charge in [-0.25, -0.2) is 4.39 Å². The van der Waals surface area contributed by atoms with E-state index >= 15 is 0 Å². The molecule has 0 spiro atoms. The summed E-state index contributed by atoms with van der Waals surface area (Å²) in [5.41, 5.74) is 7.79. The number of hydrogen-bond acceptors (Lipinski definition) is 3. The molecule has 1 heterocycles. The number of nitrogens with zero attached hydrogens (tertiary/aromatic N) is 1. The normalized spacial score (nSPS) is 19.9. The first-order chi connectivity index (χ1) is 18.1. The van der Waals surface area contributed by atoms with Crippen molar-refractivity contribution in [2.24, 2.45) is 10.9 Å². The van der Waals surface area contributed by atoms with Gasteiger partial charge in [-0.3, -0.25) is 4.99 Å². The molecule has 6 rings (SSSR count). The van der Waals surface area contributed by atoms with Crippen LogP contribution in [0.5, 0.6) is 5.75 Å². The fraction of sp³-hybridized carbons (Fsp3) is 0.182. The van der Waals surface area contributed by atoms with E-state index in [1.54, 1.807) is 6.07 Å². The van der Waals surface area contributed by atoms with Crippen LogP contribution < -0.4 is 10.1 Å². The summed E-state index contributed by atoms with van der Waals surface area (Å²) >= 11 is 0. The molecular weight excluding hydrogens is 459 g/mol. The molecule has 0 amide bonds. The van der Waals surface area contributed by atoms with E-state index in [1.807, 2.05) is 36.5 Å². The average molecular weight is 489 g/mol. The highest BCUT2D eigenvalue weighted by molar-refractivity contribution is 5.85. The van der Waals surface area contributed by atoms with E-state index in [2.05, 4.69) is 66.9 Å².